The third-order valence-electron chi connectivity index (χ3n) is 2.84. The van der Waals surface area contributed by atoms with Crippen LogP contribution in [0.2, 0.25) is 0 Å². The van der Waals surface area contributed by atoms with Crippen molar-refractivity contribution in [1.82, 2.24) is 20.5 Å². The van der Waals surface area contributed by atoms with Crippen LogP contribution in [-0.4, -0.2) is 21.7 Å². The number of nitrogens with zero attached hydrogens (tertiary/aromatic N) is 2. The highest BCUT2D eigenvalue weighted by Gasteiger charge is 2.16. The van der Waals surface area contributed by atoms with Gasteiger partial charge in [-0.25, -0.2) is 9.37 Å². The van der Waals surface area contributed by atoms with Crippen molar-refractivity contribution < 1.29 is 4.39 Å². The quantitative estimate of drug-likeness (QED) is 0.858. The van der Waals surface area contributed by atoms with E-state index < -0.39 is 0 Å². The third kappa shape index (κ3) is 3.84. The molecule has 6 heteroatoms. The van der Waals surface area contributed by atoms with Crippen LogP contribution in [0.3, 0.4) is 0 Å². The van der Waals surface area contributed by atoms with Crippen molar-refractivity contribution in [2.45, 2.75) is 25.8 Å². The molecule has 1 aromatic heterocycles. The lowest BCUT2D eigenvalue weighted by molar-refractivity contribution is 0.504. The van der Waals surface area contributed by atoms with Crippen molar-refractivity contribution in [1.29, 1.82) is 0 Å². The van der Waals surface area contributed by atoms with Crippen LogP contribution in [0, 0.1) is 5.82 Å². The summed E-state index contributed by atoms with van der Waals surface area (Å²) in [6, 6.07) is 4.71. The van der Waals surface area contributed by atoms with Crippen molar-refractivity contribution in [3.63, 3.8) is 0 Å². The van der Waals surface area contributed by atoms with Crippen LogP contribution in [0.4, 0.5) is 4.39 Å². The molecule has 0 amide bonds. The molecule has 2 aromatic rings. The summed E-state index contributed by atoms with van der Waals surface area (Å²) in [5.74, 6) is 0.537. The Bertz CT molecular complexity index is 515. The topological polar surface area (TPSA) is 53.6 Å². The van der Waals surface area contributed by atoms with Crippen LogP contribution in [0.15, 0.2) is 29.0 Å². The number of nitrogens with one attached hydrogen (secondary N) is 2. The van der Waals surface area contributed by atoms with Crippen molar-refractivity contribution in [3.05, 3.63) is 46.2 Å². The fourth-order valence-corrected chi connectivity index (χ4v) is 2.30. The average Bonchev–Trinajstić information content (AvgIpc) is 2.92. The van der Waals surface area contributed by atoms with Gasteiger partial charge in [0.05, 0.1) is 6.04 Å². The van der Waals surface area contributed by atoms with E-state index >= 15 is 0 Å². The summed E-state index contributed by atoms with van der Waals surface area (Å²) in [5, 5.41) is 10.1. The highest BCUT2D eigenvalue weighted by atomic mass is 79.9. The third-order valence-corrected chi connectivity index (χ3v) is 3.61. The van der Waals surface area contributed by atoms with Crippen LogP contribution in [0.1, 0.15) is 30.8 Å². The maximum atomic E-state index is 13.3. The maximum absolute atomic E-state index is 13.3. The largest absolute Gasteiger partial charge is 0.307 e. The lowest BCUT2D eigenvalue weighted by Crippen LogP contribution is -2.25. The Kier molecular flexibility index (Phi) is 5.04. The molecule has 0 aliphatic carbocycles. The second kappa shape index (κ2) is 6.77. The first-order chi connectivity index (χ1) is 9.20. The monoisotopic (exact) mass is 326 g/mol. The molecule has 0 radical (unpaired) electrons. The molecule has 0 aliphatic heterocycles. The van der Waals surface area contributed by atoms with Crippen LogP contribution in [0.5, 0.6) is 0 Å². The Morgan fingerprint density at radius 2 is 2.32 bits per heavy atom. The second-order valence-electron chi connectivity index (χ2n) is 4.32. The molecule has 19 heavy (non-hydrogen) atoms. The van der Waals surface area contributed by atoms with Crippen molar-refractivity contribution in [2.75, 3.05) is 6.54 Å². The molecule has 102 valence electrons. The smallest absolute Gasteiger partial charge is 0.141 e. The lowest BCUT2D eigenvalue weighted by Gasteiger charge is -2.16. The number of halogens is 2. The van der Waals surface area contributed by atoms with Crippen molar-refractivity contribution in [3.8, 4) is 0 Å². The van der Waals surface area contributed by atoms with E-state index in [4.69, 9.17) is 0 Å². The van der Waals surface area contributed by atoms with Gasteiger partial charge >= 0.3 is 0 Å². The first-order valence-corrected chi connectivity index (χ1v) is 7.02. The molecule has 2 rings (SSSR count). The minimum absolute atomic E-state index is 0.000509. The summed E-state index contributed by atoms with van der Waals surface area (Å²) < 4.78 is 14.2. The first-order valence-electron chi connectivity index (χ1n) is 6.23. The van der Waals surface area contributed by atoms with E-state index in [0.717, 1.165) is 28.8 Å². The fraction of sp³-hybridized carbons (Fsp3) is 0.385. The summed E-state index contributed by atoms with van der Waals surface area (Å²) in [6.07, 6.45) is 3.15. The van der Waals surface area contributed by atoms with E-state index in [0.29, 0.717) is 6.42 Å². The van der Waals surface area contributed by atoms with Gasteiger partial charge in [-0.05, 0) is 43.1 Å². The van der Waals surface area contributed by atoms with Gasteiger partial charge < -0.3 is 5.32 Å². The van der Waals surface area contributed by atoms with E-state index in [9.17, 15) is 4.39 Å². The van der Waals surface area contributed by atoms with Gasteiger partial charge in [-0.15, -0.1) is 0 Å². The van der Waals surface area contributed by atoms with E-state index in [1.165, 1.54) is 12.4 Å². The molecule has 1 aromatic carbocycles. The van der Waals surface area contributed by atoms with E-state index in [1.54, 1.807) is 12.1 Å². The van der Waals surface area contributed by atoms with Gasteiger partial charge in [-0.3, -0.25) is 5.10 Å². The van der Waals surface area contributed by atoms with Gasteiger partial charge in [0.15, 0.2) is 0 Å². The summed E-state index contributed by atoms with van der Waals surface area (Å²) >= 11 is 3.45. The number of aromatic amines is 1. The average molecular weight is 327 g/mol. The molecule has 0 bridgehead atoms. The molecule has 1 heterocycles. The molecule has 0 aliphatic rings. The summed E-state index contributed by atoms with van der Waals surface area (Å²) in [4.78, 5) is 4.18. The minimum atomic E-state index is -0.231. The zero-order chi connectivity index (χ0) is 13.7. The number of benzene rings is 1. The number of hydrogen-bond acceptors (Lipinski definition) is 3. The lowest BCUT2D eigenvalue weighted by atomic mass is 10.1. The van der Waals surface area contributed by atoms with Crippen LogP contribution < -0.4 is 5.32 Å². The molecular weight excluding hydrogens is 311 g/mol. The van der Waals surface area contributed by atoms with Crippen molar-refractivity contribution in [2.24, 2.45) is 0 Å². The molecule has 2 N–H and O–H groups in total. The predicted molar refractivity (Wildman–Crippen MR) is 75.2 cm³/mol. The van der Waals surface area contributed by atoms with Crippen LogP contribution >= 0.6 is 15.9 Å². The van der Waals surface area contributed by atoms with Gasteiger partial charge in [0.2, 0.25) is 0 Å². The SMILES string of the molecule is CCCNC(Cc1cc(F)ccc1Br)c1ncn[nH]1. The zero-order valence-corrected chi connectivity index (χ0v) is 12.2. The fourth-order valence-electron chi connectivity index (χ4n) is 1.89. The Morgan fingerprint density at radius 3 is 3.00 bits per heavy atom. The standard InChI is InChI=1S/C13H16BrFN4/c1-2-5-16-12(13-17-8-18-19-13)7-9-6-10(15)3-4-11(9)14/h3-4,6,8,12,16H,2,5,7H2,1H3,(H,17,18,19). The number of hydrogen-bond donors (Lipinski definition) is 2. The van der Waals surface area contributed by atoms with E-state index in [-0.39, 0.29) is 11.9 Å². The number of aromatic nitrogens is 3. The van der Waals surface area contributed by atoms with Gasteiger partial charge in [-0.2, -0.15) is 5.10 Å². The molecule has 0 fully saturated rings. The minimum Gasteiger partial charge on any atom is -0.307 e. The van der Waals surface area contributed by atoms with Gasteiger partial charge in [0.1, 0.15) is 18.0 Å². The Balaban J connectivity index is 2.17. The highest BCUT2D eigenvalue weighted by molar-refractivity contribution is 9.10. The van der Waals surface area contributed by atoms with Crippen molar-refractivity contribution >= 4 is 15.9 Å². The molecule has 0 saturated heterocycles. The highest BCUT2D eigenvalue weighted by Crippen LogP contribution is 2.23. The molecule has 0 saturated carbocycles. The Labute approximate surface area is 120 Å². The molecule has 4 nitrogen and oxygen atoms in total. The summed E-state index contributed by atoms with van der Waals surface area (Å²) in [7, 11) is 0. The first kappa shape index (κ1) is 14.1. The van der Waals surface area contributed by atoms with Crippen LogP contribution in [-0.2, 0) is 6.42 Å². The number of rotatable bonds is 6. The molecule has 1 unspecified atom stereocenters. The maximum Gasteiger partial charge on any atom is 0.141 e. The van der Waals surface area contributed by atoms with Gasteiger partial charge in [0.25, 0.3) is 0 Å². The molecule has 0 spiro atoms. The van der Waals surface area contributed by atoms with Gasteiger partial charge in [0, 0.05) is 4.47 Å². The zero-order valence-electron chi connectivity index (χ0n) is 10.7. The summed E-state index contributed by atoms with van der Waals surface area (Å²) in [5.41, 5.74) is 0.907. The molecular formula is C13H16BrFN4. The predicted octanol–water partition coefficient (Wildman–Crippen LogP) is 2.99. The van der Waals surface area contributed by atoms with Crippen LogP contribution in [0.25, 0.3) is 0 Å². The number of H-pyrrole nitrogens is 1. The van der Waals surface area contributed by atoms with E-state index in [1.807, 2.05) is 0 Å². The summed E-state index contributed by atoms with van der Waals surface area (Å²) in [6.45, 7) is 2.97. The van der Waals surface area contributed by atoms with E-state index in [2.05, 4.69) is 43.4 Å². The Morgan fingerprint density at radius 1 is 1.47 bits per heavy atom. The van der Waals surface area contributed by atoms with Gasteiger partial charge in [-0.1, -0.05) is 22.9 Å². The Hall–Kier alpha value is -1.27. The normalized spacial score (nSPS) is 12.6. The second-order valence-corrected chi connectivity index (χ2v) is 5.17. The molecule has 1 atom stereocenters.